The van der Waals surface area contributed by atoms with Crippen LogP contribution in [0.25, 0.3) is 0 Å². The number of carbonyl (C=O) groups excluding carboxylic acids is 1. The zero-order chi connectivity index (χ0) is 18.0. The van der Waals surface area contributed by atoms with Gasteiger partial charge in [0.2, 0.25) is 5.91 Å². The van der Waals surface area contributed by atoms with Crippen molar-refractivity contribution >= 4 is 28.0 Å². The minimum atomic E-state index is -1.17. The zero-order valence-corrected chi connectivity index (χ0v) is 16.7. The lowest BCUT2D eigenvalue weighted by Gasteiger charge is -2.26. The third-order valence-electron chi connectivity index (χ3n) is 4.59. The van der Waals surface area contributed by atoms with Crippen molar-refractivity contribution in [1.29, 1.82) is 0 Å². The summed E-state index contributed by atoms with van der Waals surface area (Å²) in [5.74, 6) is 0.551. The fourth-order valence-corrected chi connectivity index (χ4v) is 5.04. The standard InChI is InChI=1S/C20H25NO2S2/c1-20(2,3)17-6-4-15(5-7-17)13-25(23)14-19(22)21-10-8-18-16(12-21)9-11-24-18/h4-7,9,11H,8,10,12-14H2,1-3H3. The van der Waals surface area contributed by atoms with Crippen molar-refractivity contribution in [1.82, 2.24) is 4.90 Å². The Morgan fingerprint density at radius 2 is 1.92 bits per heavy atom. The van der Waals surface area contributed by atoms with Crippen LogP contribution in [0, 0.1) is 0 Å². The van der Waals surface area contributed by atoms with Crippen molar-refractivity contribution in [3.63, 3.8) is 0 Å². The van der Waals surface area contributed by atoms with Gasteiger partial charge in [-0.3, -0.25) is 9.00 Å². The number of hydrogen-bond donors (Lipinski definition) is 0. The highest BCUT2D eigenvalue weighted by Gasteiger charge is 2.22. The Morgan fingerprint density at radius 1 is 1.20 bits per heavy atom. The molecule has 0 aliphatic carbocycles. The number of rotatable bonds is 4. The van der Waals surface area contributed by atoms with E-state index in [9.17, 15) is 9.00 Å². The molecule has 0 fully saturated rings. The molecule has 1 aliphatic heterocycles. The first-order valence-electron chi connectivity index (χ1n) is 8.60. The van der Waals surface area contributed by atoms with Crippen molar-refractivity contribution in [2.45, 2.75) is 44.9 Å². The van der Waals surface area contributed by atoms with Crippen LogP contribution < -0.4 is 0 Å². The summed E-state index contributed by atoms with van der Waals surface area (Å²) in [7, 11) is -1.17. The molecule has 3 nitrogen and oxygen atoms in total. The Labute approximate surface area is 156 Å². The lowest BCUT2D eigenvalue weighted by Crippen LogP contribution is -2.38. The molecule has 1 aromatic carbocycles. The Balaban J connectivity index is 1.55. The predicted octanol–water partition coefficient (Wildman–Crippen LogP) is 3.88. The summed E-state index contributed by atoms with van der Waals surface area (Å²) in [6, 6.07) is 10.3. The van der Waals surface area contributed by atoms with Crippen LogP contribution >= 0.6 is 11.3 Å². The van der Waals surface area contributed by atoms with E-state index < -0.39 is 10.8 Å². The molecule has 1 unspecified atom stereocenters. The van der Waals surface area contributed by atoms with E-state index in [2.05, 4.69) is 44.4 Å². The summed E-state index contributed by atoms with van der Waals surface area (Å²) < 4.78 is 12.4. The number of fused-ring (bicyclic) bond motifs is 1. The molecule has 1 amide bonds. The van der Waals surface area contributed by atoms with Crippen molar-refractivity contribution in [2.75, 3.05) is 12.3 Å². The molecule has 0 saturated heterocycles. The van der Waals surface area contributed by atoms with Crippen molar-refractivity contribution in [2.24, 2.45) is 0 Å². The maximum atomic E-state index is 12.5. The van der Waals surface area contributed by atoms with E-state index in [1.807, 2.05) is 17.0 Å². The van der Waals surface area contributed by atoms with E-state index in [1.165, 1.54) is 16.0 Å². The van der Waals surface area contributed by atoms with Crippen LogP contribution in [0.3, 0.4) is 0 Å². The van der Waals surface area contributed by atoms with Crippen molar-refractivity contribution < 1.29 is 9.00 Å². The Morgan fingerprint density at radius 3 is 2.60 bits per heavy atom. The molecule has 25 heavy (non-hydrogen) atoms. The van der Waals surface area contributed by atoms with Crippen molar-refractivity contribution in [3.05, 3.63) is 57.3 Å². The van der Waals surface area contributed by atoms with Gasteiger partial charge in [-0.25, -0.2) is 0 Å². The topological polar surface area (TPSA) is 37.4 Å². The molecule has 0 radical (unpaired) electrons. The van der Waals surface area contributed by atoms with Gasteiger partial charge in [-0.05, 0) is 40.0 Å². The molecule has 5 heteroatoms. The van der Waals surface area contributed by atoms with Crippen molar-refractivity contribution in [3.8, 4) is 0 Å². The fraction of sp³-hybridized carbons (Fsp3) is 0.450. The summed E-state index contributed by atoms with van der Waals surface area (Å²) in [5.41, 5.74) is 3.65. The first kappa shape index (κ1) is 18.3. The Bertz CT molecular complexity index is 772. The number of carbonyl (C=O) groups is 1. The van der Waals surface area contributed by atoms with Gasteiger partial charge in [-0.15, -0.1) is 11.3 Å². The van der Waals surface area contributed by atoms with E-state index in [1.54, 1.807) is 11.3 Å². The third-order valence-corrected chi connectivity index (χ3v) is 6.84. The summed E-state index contributed by atoms with van der Waals surface area (Å²) in [4.78, 5) is 15.7. The molecule has 3 rings (SSSR count). The molecule has 1 aliphatic rings. The van der Waals surface area contributed by atoms with E-state index >= 15 is 0 Å². The summed E-state index contributed by atoms with van der Waals surface area (Å²) >= 11 is 1.76. The maximum Gasteiger partial charge on any atom is 0.235 e. The van der Waals surface area contributed by atoms with E-state index in [4.69, 9.17) is 0 Å². The molecule has 134 valence electrons. The Hall–Kier alpha value is -1.46. The van der Waals surface area contributed by atoms with Gasteiger partial charge in [0.1, 0.15) is 5.75 Å². The van der Waals surface area contributed by atoms with Gasteiger partial charge >= 0.3 is 0 Å². The van der Waals surface area contributed by atoms with E-state index in [-0.39, 0.29) is 17.1 Å². The predicted molar refractivity (Wildman–Crippen MR) is 105 cm³/mol. The second kappa shape index (κ2) is 7.42. The fourth-order valence-electron chi connectivity index (χ4n) is 3.03. The van der Waals surface area contributed by atoms with Gasteiger partial charge in [-0.2, -0.15) is 0 Å². The first-order valence-corrected chi connectivity index (χ1v) is 11.0. The van der Waals surface area contributed by atoms with E-state index in [0.29, 0.717) is 12.3 Å². The highest BCUT2D eigenvalue weighted by molar-refractivity contribution is 7.84. The molecule has 0 saturated carbocycles. The molecule has 2 heterocycles. The van der Waals surface area contributed by atoms with Crippen LogP contribution in [0.1, 0.15) is 42.3 Å². The van der Waals surface area contributed by atoms with Gasteiger partial charge in [-0.1, -0.05) is 45.0 Å². The number of nitrogens with zero attached hydrogens (tertiary/aromatic N) is 1. The molecular weight excluding hydrogens is 350 g/mol. The number of amides is 1. The lowest BCUT2D eigenvalue weighted by molar-refractivity contribution is -0.129. The average Bonchev–Trinajstić information content (AvgIpc) is 3.01. The number of benzene rings is 1. The molecule has 1 atom stereocenters. The van der Waals surface area contributed by atoms with E-state index in [0.717, 1.165) is 18.5 Å². The average molecular weight is 376 g/mol. The molecule has 0 spiro atoms. The highest BCUT2D eigenvalue weighted by Crippen LogP contribution is 2.24. The summed E-state index contributed by atoms with van der Waals surface area (Å²) in [5, 5.41) is 2.08. The zero-order valence-electron chi connectivity index (χ0n) is 15.1. The smallest absolute Gasteiger partial charge is 0.235 e. The lowest BCUT2D eigenvalue weighted by atomic mass is 9.87. The molecular formula is C20H25NO2S2. The molecule has 1 aromatic heterocycles. The van der Waals surface area contributed by atoms with Crippen LogP contribution in [0.15, 0.2) is 35.7 Å². The molecule has 0 bridgehead atoms. The van der Waals surface area contributed by atoms with Crippen LogP contribution in [0.2, 0.25) is 0 Å². The first-order chi connectivity index (χ1) is 11.8. The van der Waals surface area contributed by atoms with Crippen LogP contribution in [-0.2, 0) is 39.7 Å². The maximum absolute atomic E-state index is 12.5. The normalized spacial score (nSPS) is 15.7. The Kier molecular flexibility index (Phi) is 5.44. The van der Waals surface area contributed by atoms with Gasteiger partial charge in [0.25, 0.3) is 0 Å². The minimum Gasteiger partial charge on any atom is -0.337 e. The number of thiophene rings is 1. The minimum absolute atomic E-state index is 0.00138. The molecule has 0 N–H and O–H groups in total. The second-order valence-corrected chi connectivity index (χ2v) is 10.1. The second-order valence-electron chi connectivity index (χ2n) is 7.61. The van der Waals surface area contributed by atoms with Crippen LogP contribution in [0.4, 0.5) is 0 Å². The largest absolute Gasteiger partial charge is 0.337 e. The van der Waals surface area contributed by atoms with Gasteiger partial charge < -0.3 is 4.90 Å². The van der Waals surface area contributed by atoms with Gasteiger partial charge in [0.05, 0.1) is 0 Å². The van der Waals surface area contributed by atoms with Gasteiger partial charge in [0.15, 0.2) is 0 Å². The van der Waals surface area contributed by atoms with Crippen LogP contribution in [0.5, 0.6) is 0 Å². The summed E-state index contributed by atoms with van der Waals surface area (Å²) in [6.07, 6.45) is 0.916. The third kappa shape index (κ3) is 4.59. The summed E-state index contributed by atoms with van der Waals surface area (Å²) in [6.45, 7) is 7.93. The number of hydrogen-bond acceptors (Lipinski definition) is 3. The molecule has 2 aromatic rings. The highest BCUT2D eigenvalue weighted by atomic mass is 32.2. The quantitative estimate of drug-likeness (QED) is 0.813. The monoisotopic (exact) mass is 375 g/mol. The SMILES string of the molecule is CC(C)(C)c1ccc(CS(=O)CC(=O)N2CCc3sccc3C2)cc1. The van der Waals surface area contributed by atoms with Gasteiger partial charge in [0, 0.05) is 34.5 Å². The van der Waals surface area contributed by atoms with Crippen LogP contribution in [-0.4, -0.2) is 27.3 Å².